The van der Waals surface area contributed by atoms with Crippen molar-refractivity contribution < 1.29 is 19.7 Å². The van der Waals surface area contributed by atoms with Gasteiger partial charge in [-0.3, -0.25) is 4.79 Å². The van der Waals surface area contributed by atoms with E-state index in [1.807, 2.05) is 0 Å². The number of unbranched alkanes of at least 4 members (excludes halogenated alkanes) is 1. The summed E-state index contributed by atoms with van der Waals surface area (Å²) in [4.78, 5) is 12.0. The Morgan fingerprint density at radius 1 is 1.29 bits per heavy atom. The van der Waals surface area contributed by atoms with Gasteiger partial charge in [0.25, 0.3) is 5.91 Å². The van der Waals surface area contributed by atoms with Crippen molar-refractivity contribution in [2.75, 3.05) is 13.2 Å². The van der Waals surface area contributed by atoms with Crippen molar-refractivity contribution in [1.29, 1.82) is 0 Å². The first-order valence-electron chi connectivity index (χ1n) is 7.30. The predicted octanol–water partition coefficient (Wildman–Crippen LogP) is 2.35. The standard InChI is InChI=1S/C16H25NO4/c1-4-5-10-21-16(2,3)15(20)17-9-8-12-6-7-13(18)14(19)11-12/h6-7,11,18-19H,4-5,8-10H2,1-3H3,(H,17,20). The van der Waals surface area contributed by atoms with Gasteiger partial charge in [-0.15, -0.1) is 0 Å². The highest BCUT2D eigenvalue weighted by Crippen LogP contribution is 2.24. The van der Waals surface area contributed by atoms with E-state index in [2.05, 4.69) is 12.2 Å². The minimum Gasteiger partial charge on any atom is -0.504 e. The van der Waals surface area contributed by atoms with Crippen molar-refractivity contribution in [3.8, 4) is 11.5 Å². The molecule has 0 aliphatic heterocycles. The number of nitrogens with one attached hydrogen (secondary N) is 1. The molecule has 118 valence electrons. The van der Waals surface area contributed by atoms with Crippen molar-refractivity contribution in [3.63, 3.8) is 0 Å². The molecule has 0 aromatic heterocycles. The van der Waals surface area contributed by atoms with E-state index in [4.69, 9.17) is 4.74 Å². The molecule has 5 heteroatoms. The maximum absolute atomic E-state index is 12.0. The van der Waals surface area contributed by atoms with Crippen LogP contribution in [0.2, 0.25) is 0 Å². The van der Waals surface area contributed by atoms with E-state index >= 15 is 0 Å². The number of aromatic hydroxyl groups is 2. The van der Waals surface area contributed by atoms with Crippen LogP contribution in [0.5, 0.6) is 11.5 Å². The molecule has 0 saturated heterocycles. The molecule has 1 amide bonds. The highest BCUT2D eigenvalue weighted by atomic mass is 16.5. The first-order valence-corrected chi connectivity index (χ1v) is 7.30. The molecule has 3 N–H and O–H groups in total. The van der Waals surface area contributed by atoms with E-state index in [-0.39, 0.29) is 17.4 Å². The van der Waals surface area contributed by atoms with Gasteiger partial charge >= 0.3 is 0 Å². The molecular weight excluding hydrogens is 270 g/mol. The number of hydrogen-bond acceptors (Lipinski definition) is 4. The quantitative estimate of drug-likeness (QED) is 0.508. The lowest BCUT2D eigenvalue weighted by atomic mass is 10.1. The summed E-state index contributed by atoms with van der Waals surface area (Å²) >= 11 is 0. The number of carbonyl (C=O) groups is 1. The molecule has 0 radical (unpaired) electrons. The van der Waals surface area contributed by atoms with Gasteiger partial charge in [0.15, 0.2) is 11.5 Å². The summed E-state index contributed by atoms with van der Waals surface area (Å²) < 4.78 is 5.58. The van der Waals surface area contributed by atoms with Crippen LogP contribution in [0.1, 0.15) is 39.2 Å². The average Bonchev–Trinajstić information content (AvgIpc) is 2.42. The molecule has 0 aliphatic carbocycles. The fourth-order valence-electron chi connectivity index (χ4n) is 1.79. The topological polar surface area (TPSA) is 78.8 Å². The smallest absolute Gasteiger partial charge is 0.251 e. The van der Waals surface area contributed by atoms with Crippen LogP contribution in [0.3, 0.4) is 0 Å². The van der Waals surface area contributed by atoms with Crippen LogP contribution in [0.25, 0.3) is 0 Å². The van der Waals surface area contributed by atoms with Crippen molar-refractivity contribution in [2.24, 2.45) is 0 Å². The van der Waals surface area contributed by atoms with Crippen LogP contribution in [0.4, 0.5) is 0 Å². The zero-order valence-electron chi connectivity index (χ0n) is 13.0. The highest BCUT2D eigenvalue weighted by molar-refractivity contribution is 5.84. The zero-order valence-corrected chi connectivity index (χ0v) is 13.0. The Bertz CT molecular complexity index is 471. The number of phenols is 2. The van der Waals surface area contributed by atoms with Crippen LogP contribution in [0, 0.1) is 0 Å². The molecule has 5 nitrogen and oxygen atoms in total. The van der Waals surface area contributed by atoms with Crippen LogP contribution < -0.4 is 5.32 Å². The van der Waals surface area contributed by atoms with Crippen LogP contribution in [-0.4, -0.2) is 34.9 Å². The first kappa shape index (κ1) is 17.3. The molecule has 1 aromatic carbocycles. The van der Waals surface area contributed by atoms with Crippen LogP contribution >= 0.6 is 0 Å². The summed E-state index contributed by atoms with van der Waals surface area (Å²) in [5.41, 5.74) is 0.00187. The lowest BCUT2D eigenvalue weighted by molar-refractivity contribution is -0.142. The van der Waals surface area contributed by atoms with E-state index in [1.54, 1.807) is 19.9 Å². The van der Waals surface area contributed by atoms with Gasteiger partial charge in [0.1, 0.15) is 5.60 Å². The first-order chi connectivity index (χ1) is 9.86. The largest absolute Gasteiger partial charge is 0.504 e. The van der Waals surface area contributed by atoms with Crippen molar-refractivity contribution in [3.05, 3.63) is 23.8 Å². The fourth-order valence-corrected chi connectivity index (χ4v) is 1.79. The van der Waals surface area contributed by atoms with Gasteiger partial charge in [0.2, 0.25) is 0 Å². The third-order valence-electron chi connectivity index (χ3n) is 3.25. The van der Waals surface area contributed by atoms with Gasteiger partial charge < -0.3 is 20.3 Å². The molecular formula is C16H25NO4. The van der Waals surface area contributed by atoms with Gasteiger partial charge in [0.05, 0.1) is 0 Å². The number of ether oxygens (including phenoxy) is 1. The van der Waals surface area contributed by atoms with Crippen LogP contribution in [0.15, 0.2) is 18.2 Å². The molecule has 0 aliphatic rings. The van der Waals surface area contributed by atoms with Crippen molar-refractivity contribution >= 4 is 5.91 Å². The minimum atomic E-state index is -0.841. The Balaban J connectivity index is 2.40. The molecule has 1 rings (SSSR count). The highest BCUT2D eigenvalue weighted by Gasteiger charge is 2.27. The van der Waals surface area contributed by atoms with Gasteiger partial charge in [-0.25, -0.2) is 0 Å². The molecule has 0 bridgehead atoms. The fraction of sp³-hybridized carbons (Fsp3) is 0.562. The summed E-state index contributed by atoms with van der Waals surface area (Å²) in [6, 6.07) is 4.64. The number of hydrogen-bond donors (Lipinski definition) is 3. The Morgan fingerprint density at radius 2 is 2.00 bits per heavy atom. The molecule has 0 spiro atoms. The lowest BCUT2D eigenvalue weighted by Crippen LogP contribution is -2.45. The third-order valence-corrected chi connectivity index (χ3v) is 3.25. The summed E-state index contributed by atoms with van der Waals surface area (Å²) in [5.74, 6) is -0.447. The normalized spacial score (nSPS) is 11.4. The summed E-state index contributed by atoms with van der Waals surface area (Å²) in [6.07, 6.45) is 2.54. The number of benzene rings is 1. The van der Waals surface area contributed by atoms with Gasteiger partial charge in [0, 0.05) is 13.2 Å². The molecule has 21 heavy (non-hydrogen) atoms. The van der Waals surface area contributed by atoms with Gasteiger partial charge in [-0.2, -0.15) is 0 Å². The third kappa shape index (κ3) is 5.63. The maximum Gasteiger partial charge on any atom is 0.251 e. The van der Waals surface area contributed by atoms with E-state index in [1.165, 1.54) is 12.1 Å². The van der Waals surface area contributed by atoms with E-state index in [0.717, 1.165) is 18.4 Å². The molecule has 1 aromatic rings. The zero-order chi connectivity index (χ0) is 15.9. The monoisotopic (exact) mass is 295 g/mol. The number of rotatable bonds is 8. The SMILES string of the molecule is CCCCOC(C)(C)C(=O)NCCc1ccc(O)c(O)c1. The number of amides is 1. The van der Waals surface area contributed by atoms with E-state index in [0.29, 0.717) is 19.6 Å². The lowest BCUT2D eigenvalue weighted by Gasteiger charge is -2.24. The molecule has 0 fully saturated rings. The molecule has 0 atom stereocenters. The van der Waals surface area contributed by atoms with Gasteiger partial charge in [-0.1, -0.05) is 19.4 Å². The number of phenolic OH excluding ortho intramolecular Hbond substituents is 2. The van der Waals surface area contributed by atoms with E-state index < -0.39 is 5.60 Å². The average molecular weight is 295 g/mol. The number of carbonyl (C=O) groups excluding carboxylic acids is 1. The molecule has 0 heterocycles. The second-order valence-electron chi connectivity index (χ2n) is 5.54. The minimum absolute atomic E-state index is 0.145. The second kappa shape index (κ2) is 7.88. The summed E-state index contributed by atoms with van der Waals surface area (Å²) in [5, 5.41) is 21.5. The van der Waals surface area contributed by atoms with Crippen molar-refractivity contribution in [1.82, 2.24) is 5.32 Å². The molecule has 0 saturated carbocycles. The van der Waals surface area contributed by atoms with Crippen LogP contribution in [-0.2, 0) is 16.0 Å². The summed E-state index contributed by atoms with van der Waals surface area (Å²) in [6.45, 7) is 6.60. The second-order valence-corrected chi connectivity index (χ2v) is 5.54. The summed E-state index contributed by atoms with van der Waals surface area (Å²) in [7, 11) is 0. The maximum atomic E-state index is 12.0. The Kier molecular flexibility index (Phi) is 6.49. The van der Waals surface area contributed by atoms with Crippen molar-refractivity contribution in [2.45, 2.75) is 45.6 Å². The van der Waals surface area contributed by atoms with E-state index in [9.17, 15) is 15.0 Å². The predicted molar refractivity (Wildman–Crippen MR) is 81.4 cm³/mol. The Labute approximate surface area is 125 Å². The molecule has 0 unspecified atom stereocenters. The Morgan fingerprint density at radius 3 is 2.62 bits per heavy atom. The Hall–Kier alpha value is -1.75. The van der Waals surface area contributed by atoms with Gasteiger partial charge in [-0.05, 0) is 44.4 Å².